The van der Waals surface area contributed by atoms with Gasteiger partial charge >= 0.3 is 0 Å². The average Bonchev–Trinajstić information content (AvgIpc) is 3.35. The van der Waals surface area contributed by atoms with Crippen LogP contribution in [-0.2, 0) is 5.41 Å². The van der Waals surface area contributed by atoms with Crippen LogP contribution < -0.4 is 61.5 Å². The van der Waals surface area contributed by atoms with Gasteiger partial charge in [-0.1, -0.05) is 112 Å². The summed E-state index contributed by atoms with van der Waals surface area (Å²) in [7, 11) is 0. The van der Waals surface area contributed by atoms with Crippen molar-refractivity contribution in [2.75, 3.05) is 9.80 Å². The molecule has 0 aliphatic carbocycles. The maximum absolute atomic E-state index is 6.92. The van der Waals surface area contributed by atoms with Crippen LogP contribution in [0.15, 0.2) is 176 Å². The second-order valence-electron chi connectivity index (χ2n) is 20.4. The van der Waals surface area contributed by atoms with Crippen molar-refractivity contribution in [3.63, 3.8) is 0 Å². The smallest absolute Gasteiger partial charge is 0.260 e. The Morgan fingerprint density at radius 2 is 0.743 bits per heavy atom. The molecule has 0 aromatic heterocycles. The van der Waals surface area contributed by atoms with Crippen molar-refractivity contribution in [1.82, 2.24) is 0 Å². The maximum atomic E-state index is 6.92. The zero-order valence-corrected chi connectivity index (χ0v) is 40.4. The van der Waals surface area contributed by atoms with Gasteiger partial charge in [-0.05, 0) is 150 Å². The summed E-state index contributed by atoms with van der Waals surface area (Å²) in [5.41, 5.74) is 18.4. The van der Waals surface area contributed by atoms with Gasteiger partial charge in [0.05, 0.1) is 5.69 Å². The standard InChI is InChI=1S/C62H50B2N2O4/c1-37-23-25-39(3)50(29-37)65(42-27-28-49-57(34-42)70-56-22-14-21-55-60(56)64(49)46-15-8-11-18-52(46)67-55)43-31-41(62(5,6)7)32-44(33-43)66(51-30-38(2)24-26-40(51)4)45-35-58-61-59(36-45)69-54-20-13-10-17-48(54)63(61)47-16-9-12-19-53(47)68-58/h8-36H,1-7H3. The molecular formula is C62H50B2N2O4. The van der Waals surface area contributed by atoms with E-state index < -0.39 is 0 Å². The summed E-state index contributed by atoms with van der Waals surface area (Å²) in [5.74, 6) is 6.66. The molecule has 4 aliphatic heterocycles. The summed E-state index contributed by atoms with van der Waals surface area (Å²) < 4.78 is 27.2. The van der Waals surface area contributed by atoms with E-state index in [1.165, 1.54) is 16.7 Å². The highest BCUT2D eigenvalue weighted by atomic mass is 16.5. The van der Waals surface area contributed by atoms with Crippen LogP contribution in [-0.4, -0.2) is 13.4 Å². The summed E-state index contributed by atoms with van der Waals surface area (Å²) in [6.07, 6.45) is 0. The molecule has 0 bridgehead atoms. The number of aryl methyl sites for hydroxylation is 4. The zero-order valence-electron chi connectivity index (χ0n) is 40.4. The minimum atomic E-state index is -0.225. The van der Waals surface area contributed by atoms with Crippen LogP contribution >= 0.6 is 0 Å². The van der Waals surface area contributed by atoms with Crippen molar-refractivity contribution in [3.8, 4) is 46.0 Å². The second-order valence-corrected chi connectivity index (χ2v) is 20.4. The van der Waals surface area contributed by atoms with Crippen LogP contribution in [0.1, 0.15) is 48.6 Å². The van der Waals surface area contributed by atoms with Crippen LogP contribution in [0.5, 0.6) is 46.0 Å². The first-order valence-electron chi connectivity index (χ1n) is 24.3. The zero-order chi connectivity index (χ0) is 47.6. The molecule has 9 aromatic rings. The molecule has 4 aliphatic rings. The predicted molar refractivity (Wildman–Crippen MR) is 289 cm³/mol. The Hall–Kier alpha value is -8.09. The summed E-state index contributed by atoms with van der Waals surface area (Å²) in [6.45, 7) is 15.6. The first-order chi connectivity index (χ1) is 33.9. The number of nitrogens with zero attached hydrogens (tertiary/aromatic N) is 2. The molecule has 4 heterocycles. The average molecular weight is 909 g/mol. The van der Waals surface area contributed by atoms with Crippen LogP contribution in [0.2, 0.25) is 0 Å². The SMILES string of the molecule is Cc1ccc(C)c(N(c2cc(N(c3cc4c5c(c3)Oc3ccccc3B5c3ccccc3O4)c3cc(C)ccc3C)cc(C(C)(C)C)c2)c2ccc3c(c2)Oc2cccc4c2B3c2ccccc2O4)c1. The molecule has 9 aromatic carbocycles. The van der Waals surface area contributed by atoms with Crippen LogP contribution in [0.3, 0.4) is 0 Å². The largest absolute Gasteiger partial charge is 0.458 e. The van der Waals surface area contributed by atoms with Gasteiger partial charge in [0.1, 0.15) is 46.0 Å². The Morgan fingerprint density at radius 1 is 0.343 bits per heavy atom. The first-order valence-corrected chi connectivity index (χ1v) is 24.3. The van der Waals surface area contributed by atoms with E-state index in [0.29, 0.717) is 0 Å². The number of hydrogen-bond donors (Lipinski definition) is 0. The minimum Gasteiger partial charge on any atom is -0.458 e. The number of rotatable bonds is 6. The second kappa shape index (κ2) is 15.7. The molecular weight excluding hydrogens is 858 g/mol. The lowest BCUT2D eigenvalue weighted by molar-refractivity contribution is 0.464. The molecule has 338 valence electrons. The fourth-order valence-corrected chi connectivity index (χ4v) is 11.1. The van der Waals surface area contributed by atoms with Gasteiger partial charge in [0.2, 0.25) is 0 Å². The monoisotopic (exact) mass is 908 g/mol. The molecule has 0 fully saturated rings. The molecule has 0 saturated carbocycles. The Morgan fingerprint density at radius 3 is 1.26 bits per heavy atom. The summed E-state index contributed by atoms with van der Waals surface area (Å²) in [6, 6.07) is 63.0. The minimum absolute atomic E-state index is 0.0256. The van der Waals surface area contributed by atoms with Gasteiger partial charge in [0.15, 0.2) is 0 Å². The molecule has 0 unspecified atom stereocenters. The highest BCUT2D eigenvalue weighted by Crippen LogP contribution is 2.48. The van der Waals surface area contributed by atoms with Gasteiger partial charge in [-0.25, -0.2) is 0 Å². The van der Waals surface area contributed by atoms with E-state index in [9.17, 15) is 0 Å². The number of fused-ring (bicyclic) bond motifs is 8. The Balaban J connectivity index is 1.03. The van der Waals surface area contributed by atoms with Gasteiger partial charge in [-0.3, -0.25) is 0 Å². The lowest BCUT2D eigenvalue weighted by Gasteiger charge is -2.36. The Bertz CT molecular complexity index is 3580. The topological polar surface area (TPSA) is 43.4 Å². The van der Waals surface area contributed by atoms with E-state index in [0.717, 1.165) is 124 Å². The van der Waals surface area contributed by atoms with Crippen molar-refractivity contribution < 1.29 is 18.9 Å². The van der Waals surface area contributed by atoms with Crippen LogP contribution in [0.25, 0.3) is 0 Å². The molecule has 70 heavy (non-hydrogen) atoms. The summed E-state index contributed by atoms with van der Waals surface area (Å²) in [4.78, 5) is 4.81. The molecule has 0 N–H and O–H groups in total. The first kappa shape index (κ1) is 42.0. The number of benzene rings is 9. The normalized spacial score (nSPS) is 13.2. The van der Waals surface area contributed by atoms with Crippen molar-refractivity contribution >= 4 is 80.3 Å². The molecule has 0 saturated heterocycles. The van der Waals surface area contributed by atoms with Gasteiger partial charge in [0.25, 0.3) is 13.4 Å². The van der Waals surface area contributed by atoms with Gasteiger partial charge in [0, 0.05) is 57.6 Å². The van der Waals surface area contributed by atoms with Crippen molar-refractivity contribution in [3.05, 3.63) is 204 Å². The third-order valence-electron chi connectivity index (χ3n) is 14.6. The van der Waals surface area contributed by atoms with E-state index in [4.69, 9.17) is 18.9 Å². The fraction of sp³-hybridized carbons (Fsp3) is 0.129. The molecule has 13 rings (SSSR count). The molecule has 8 heteroatoms. The van der Waals surface area contributed by atoms with E-state index in [-0.39, 0.29) is 18.8 Å². The molecule has 0 amide bonds. The number of para-hydroxylation sites is 3. The van der Waals surface area contributed by atoms with Crippen LogP contribution in [0, 0.1) is 27.7 Å². The van der Waals surface area contributed by atoms with Gasteiger partial charge < -0.3 is 28.7 Å². The molecule has 0 radical (unpaired) electrons. The maximum Gasteiger partial charge on any atom is 0.260 e. The molecule has 6 nitrogen and oxygen atoms in total. The van der Waals surface area contributed by atoms with E-state index in [1.807, 2.05) is 18.2 Å². The quantitative estimate of drug-likeness (QED) is 0.155. The predicted octanol–water partition coefficient (Wildman–Crippen LogP) is 12.6. The number of ether oxygens (including phenoxy) is 4. The third-order valence-corrected chi connectivity index (χ3v) is 14.6. The Kier molecular flexibility index (Phi) is 9.45. The molecule has 0 atom stereocenters. The lowest BCUT2D eigenvalue weighted by Crippen LogP contribution is -2.57. The summed E-state index contributed by atoms with van der Waals surface area (Å²) in [5, 5.41) is 0. The number of anilines is 6. The van der Waals surface area contributed by atoms with E-state index >= 15 is 0 Å². The highest BCUT2D eigenvalue weighted by Gasteiger charge is 2.42. The van der Waals surface area contributed by atoms with Crippen molar-refractivity contribution in [2.24, 2.45) is 0 Å². The van der Waals surface area contributed by atoms with Crippen LogP contribution in [0.4, 0.5) is 34.1 Å². The summed E-state index contributed by atoms with van der Waals surface area (Å²) >= 11 is 0. The highest BCUT2D eigenvalue weighted by molar-refractivity contribution is 6.99. The van der Waals surface area contributed by atoms with Crippen molar-refractivity contribution in [1.29, 1.82) is 0 Å². The molecule has 0 spiro atoms. The van der Waals surface area contributed by atoms with Crippen molar-refractivity contribution in [2.45, 2.75) is 53.9 Å². The number of hydrogen-bond acceptors (Lipinski definition) is 6. The van der Waals surface area contributed by atoms with E-state index in [1.54, 1.807) is 0 Å². The Labute approximate surface area is 410 Å². The van der Waals surface area contributed by atoms with Gasteiger partial charge in [-0.15, -0.1) is 0 Å². The van der Waals surface area contributed by atoms with Gasteiger partial charge in [-0.2, -0.15) is 0 Å². The van der Waals surface area contributed by atoms with E-state index in [2.05, 4.69) is 216 Å². The third kappa shape index (κ3) is 6.72. The fourth-order valence-electron chi connectivity index (χ4n) is 11.1. The lowest BCUT2D eigenvalue weighted by atomic mass is 9.35.